The Bertz CT molecular complexity index is 1100. The fourth-order valence-corrected chi connectivity index (χ4v) is 4.79. The van der Waals surface area contributed by atoms with Crippen molar-refractivity contribution in [3.8, 4) is 0 Å². The number of nitrogens with one attached hydrogen (secondary N) is 1. The molecule has 28 heavy (non-hydrogen) atoms. The molecule has 0 saturated heterocycles. The predicted molar refractivity (Wildman–Crippen MR) is 106 cm³/mol. The third-order valence-electron chi connectivity index (χ3n) is 6.13. The summed E-state index contributed by atoms with van der Waals surface area (Å²) in [5.74, 6) is 0.431. The van der Waals surface area contributed by atoms with E-state index < -0.39 is 6.04 Å². The third kappa shape index (κ3) is 2.52. The van der Waals surface area contributed by atoms with Crippen molar-refractivity contribution in [2.75, 3.05) is 0 Å². The van der Waals surface area contributed by atoms with Crippen molar-refractivity contribution in [2.45, 2.75) is 38.3 Å². The van der Waals surface area contributed by atoms with E-state index in [0.29, 0.717) is 11.5 Å². The first-order valence-corrected chi connectivity index (χ1v) is 9.68. The molecule has 1 aliphatic heterocycles. The summed E-state index contributed by atoms with van der Waals surface area (Å²) in [7, 11) is 0. The zero-order valence-corrected chi connectivity index (χ0v) is 15.6. The maximum absolute atomic E-state index is 12.8. The highest BCUT2D eigenvalue weighted by Gasteiger charge is 2.46. The van der Waals surface area contributed by atoms with Gasteiger partial charge in [0.1, 0.15) is 6.04 Å². The Morgan fingerprint density at radius 3 is 2.57 bits per heavy atom. The number of nitro benzene ring substituents is 1. The number of para-hydroxylation sites is 2. The largest absolute Gasteiger partial charge is 0.356 e. The smallest absolute Gasteiger partial charge is 0.275 e. The molecule has 0 bridgehead atoms. The SMILES string of the molecule is CC(=O)N1C(c2ccccc2[N+](=O)[O-])c2[nH]c3ccccc3c2CC1C1CC1. The molecule has 2 unspecified atom stereocenters. The number of H-pyrrole nitrogens is 1. The Morgan fingerprint density at radius 2 is 1.86 bits per heavy atom. The molecule has 5 rings (SSSR count). The van der Waals surface area contributed by atoms with Crippen LogP contribution in [-0.4, -0.2) is 26.8 Å². The molecule has 1 fully saturated rings. The average molecular weight is 375 g/mol. The first-order valence-electron chi connectivity index (χ1n) is 9.68. The lowest BCUT2D eigenvalue weighted by atomic mass is 9.85. The van der Waals surface area contributed by atoms with Crippen LogP contribution < -0.4 is 0 Å². The van der Waals surface area contributed by atoms with Crippen molar-refractivity contribution in [3.63, 3.8) is 0 Å². The number of hydrogen-bond donors (Lipinski definition) is 1. The molecular formula is C22H21N3O3. The number of nitrogens with zero attached hydrogens (tertiary/aromatic N) is 2. The van der Waals surface area contributed by atoms with E-state index in [-0.39, 0.29) is 22.6 Å². The summed E-state index contributed by atoms with van der Waals surface area (Å²) in [6, 6.07) is 14.5. The fourth-order valence-electron chi connectivity index (χ4n) is 4.79. The minimum absolute atomic E-state index is 0.0376. The first-order chi connectivity index (χ1) is 13.6. The highest BCUT2D eigenvalue weighted by molar-refractivity contribution is 5.86. The number of aromatic amines is 1. The van der Waals surface area contributed by atoms with Gasteiger partial charge in [-0.3, -0.25) is 14.9 Å². The van der Waals surface area contributed by atoms with E-state index in [1.165, 1.54) is 11.6 Å². The molecule has 0 radical (unpaired) electrons. The van der Waals surface area contributed by atoms with Crippen molar-refractivity contribution in [3.05, 3.63) is 75.5 Å². The van der Waals surface area contributed by atoms with E-state index in [0.717, 1.165) is 35.9 Å². The number of amides is 1. The van der Waals surface area contributed by atoms with Crippen LogP contribution in [0.5, 0.6) is 0 Å². The van der Waals surface area contributed by atoms with E-state index in [9.17, 15) is 14.9 Å². The average Bonchev–Trinajstić information content (AvgIpc) is 3.47. The summed E-state index contributed by atoms with van der Waals surface area (Å²) in [5, 5.41) is 12.9. The number of carbonyl (C=O) groups is 1. The lowest BCUT2D eigenvalue weighted by Crippen LogP contribution is -2.48. The first kappa shape index (κ1) is 17.0. The summed E-state index contributed by atoms with van der Waals surface area (Å²) in [6.07, 6.45) is 3.01. The second kappa shape index (κ2) is 6.19. The Balaban J connectivity index is 1.79. The number of aromatic nitrogens is 1. The molecule has 1 aromatic heterocycles. The van der Waals surface area contributed by atoms with E-state index in [4.69, 9.17) is 0 Å². The fraction of sp³-hybridized carbons (Fsp3) is 0.318. The Labute approximate surface area is 162 Å². The van der Waals surface area contributed by atoms with Gasteiger partial charge in [-0.15, -0.1) is 0 Å². The predicted octanol–water partition coefficient (Wildman–Crippen LogP) is 4.35. The quantitative estimate of drug-likeness (QED) is 0.546. The third-order valence-corrected chi connectivity index (χ3v) is 6.13. The van der Waals surface area contributed by atoms with Crippen LogP contribution in [0.4, 0.5) is 5.69 Å². The summed E-state index contributed by atoms with van der Waals surface area (Å²) >= 11 is 0. The van der Waals surface area contributed by atoms with Crippen LogP contribution in [-0.2, 0) is 11.2 Å². The van der Waals surface area contributed by atoms with Crippen LogP contribution in [0.2, 0.25) is 0 Å². The molecule has 1 N–H and O–H groups in total. The second-order valence-corrected chi connectivity index (χ2v) is 7.82. The van der Waals surface area contributed by atoms with E-state index in [2.05, 4.69) is 11.1 Å². The van der Waals surface area contributed by atoms with Gasteiger partial charge in [-0.2, -0.15) is 0 Å². The normalized spacial score (nSPS) is 21.5. The van der Waals surface area contributed by atoms with Crippen LogP contribution in [0, 0.1) is 16.0 Å². The monoisotopic (exact) mass is 375 g/mol. The van der Waals surface area contributed by atoms with E-state index in [1.54, 1.807) is 19.1 Å². The van der Waals surface area contributed by atoms with Crippen molar-refractivity contribution in [1.82, 2.24) is 9.88 Å². The van der Waals surface area contributed by atoms with E-state index >= 15 is 0 Å². The van der Waals surface area contributed by atoms with Gasteiger partial charge in [-0.25, -0.2) is 0 Å². The maximum atomic E-state index is 12.8. The summed E-state index contributed by atoms with van der Waals surface area (Å²) in [6.45, 7) is 1.57. The van der Waals surface area contributed by atoms with Gasteiger partial charge in [-0.05, 0) is 42.9 Å². The van der Waals surface area contributed by atoms with Crippen molar-refractivity contribution >= 4 is 22.5 Å². The number of benzene rings is 2. The molecule has 6 nitrogen and oxygen atoms in total. The lowest BCUT2D eigenvalue weighted by Gasteiger charge is -2.42. The zero-order chi connectivity index (χ0) is 19.4. The second-order valence-electron chi connectivity index (χ2n) is 7.82. The topological polar surface area (TPSA) is 79.2 Å². The number of nitro groups is 1. The molecule has 1 amide bonds. The van der Waals surface area contributed by atoms with Crippen LogP contribution in [0.15, 0.2) is 48.5 Å². The molecule has 3 aromatic rings. The number of fused-ring (bicyclic) bond motifs is 3. The molecule has 2 aromatic carbocycles. The molecular weight excluding hydrogens is 354 g/mol. The van der Waals surface area contributed by atoms with Crippen molar-refractivity contribution < 1.29 is 9.72 Å². The molecule has 0 spiro atoms. The molecule has 2 heterocycles. The molecule has 2 aliphatic rings. The van der Waals surface area contributed by atoms with Crippen LogP contribution in [0.3, 0.4) is 0 Å². The zero-order valence-electron chi connectivity index (χ0n) is 15.6. The molecule has 6 heteroatoms. The van der Waals surface area contributed by atoms with Gasteiger partial charge in [0.25, 0.3) is 5.69 Å². The van der Waals surface area contributed by atoms with Gasteiger partial charge in [0, 0.05) is 35.6 Å². The number of carbonyl (C=O) groups excluding carboxylic acids is 1. The molecule has 2 atom stereocenters. The standard InChI is InChI=1S/C22H21N3O3/c1-13(26)24-20(14-10-11-14)12-17-15-6-2-4-8-18(15)23-21(17)22(24)16-7-3-5-9-19(16)25(27)28/h2-9,14,20,22-23H,10-12H2,1H3. The van der Waals surface area contributed by atoms with E-state index in [1.807, 2.05) is 29.2 Å². The van der Waals surface area contributed by atoms with Crippen LogP contribution in [0.1, 0.15) is 42.6 Å². The molecule has 142 valence electrons. The van der Waals surface area contributed by atoms with Gasteiger partial charge >= 0.3 is 0 Å². The Morgan fingerprint density at radius 1 is 1.14 bits per heavy atom. The summed E-state index contributed by atoms with van der Waals surface area (Å²) in [5.41, 5.74) is 3.73. The van der Waals surface area contributed by atoms with Gasteiger partial charge in [-0.1, -0.05) is 30.3 Å². The maximum Gasteiger partial charge on any atom is 0.275 e. The van der Waals surface area contributed by atoms with Crippen LogP contribution >= 0.6 is 0 Å². The minimum atomic E-state index is -0.471. The van der Waals surface area contributed by atoms with Crippen molar-refractivity contribution in [2.24, 2.45) is 5.92 Å². The summed E-state index contributed by atoms with van der Waals surface area (Å²) < 4.78 is 0. The minimum Gasteiger partial charge on any atom is -0.356 e. The Kier molecular flexibility index (Phi) is 3.75. The number of hydrogen-bond acceptors (Lipinski definition) is 3. The van der Waals surface area contributed by atoms with Gasteiger partial charge in [0.2, 0.25) is 5.91 Å². The highest BCUT2D eigenvalue weighted by atomic mass is 16.6. The number of rotatable bonds is 3. The summed E-state index contributed by atoms with van der Waals surface area (Å²) in [4.78, 5) is 29.5. The lowest BCUT2D eigenvalue weighted by molar-refractivity contribution is -0.385. The molecule has 1 aliphatic carbocycles. The molecule has 1 saturated carbocycles. The van der Waals surface area contributed by atoms with Crippen molar-refractivity contribution in [1.29, 1.82) is 0 Å². The van der Waals surface area contributed by atoms with Crippen LogP contribution in [0.25, 0.3) is 10.9 Å². The Hall–Kier alpha value is -3.15. The van der Waals surface area contributed by atoms with Gasteiger partial charge in [0.05, 0.1) is 10.5 Å². The van der Waals surface area contributed by atoms with Gasteiger partial charge in [0.15, 0.2) is 0 Å². The van der Waals surface area contributed by atoms with Gasteiger partial charge < -0.3 is 9.88 Å². The highest BCUT2D eigenvalue weighted by Crippen LogP contribution is 2.48.